The molecule has 0 saturated carbocycles. The van der Waals surface area contributed by atoms with E-state index in [1.807, 2.05) is 0 Å². The summed E-state index contributed by atoms with van der Waals surface area (Å²) in [6.07, 6.45) is -6.19. The number of rotatable bonds is 6. The van der Waals surface area contributed by atoms with Crippen molar-refractivity contribution < 1.29 is 27.6 Å². The van der Waals surface area contributed by atoms with Crippen LogP contribution in [-0.4, -0.2) is 32.6 Å². The number of alkyl halides is 3. The summed E-state index contributed by atoms with van der Waals surface area (Å²) in [5, 5.41) is 14.1. The topological polar surface area (TPSA) is 79.5 Å². The van der Waals surface area contributed by atoms with Crippen molar-refractivity contribution in [2.75, 3.05) is 6.54 Å². The van der Waals surface area contributed by atoms with E-state index in [9.17, 15) is 23.1 Å². The first-order chi connectivity index (χ1) is 13.8. The van der Waals surface area contributed by atoms with Crippen LogP contribution in [0, 0.1) is 6.92 Å². The number of nitrogens with zero attached hydrogens (tertiary/aromatic N) is 3. The Balaban J connectivity index is 1.90. The van der Waals surface area contributed by atoms with Gasteiger partial charge in [0.05, 0.1) is 18.2 Å². The molecule has 0 aliphatic carbocycles. The second-order valence-corrected chi connectivity index (χ2v) is 6.41. The third-order valence-corrected chi connectivity index (χ3v) is 4.24. The number of amides is 1. The van der Waals surface area contributed by atoms with Gasteiger partial charge in [-0.15, -0.1) is 0 Å². The molecule has 152 valence electrons. The lowest BCUT2D eigenvalue weighted by molar-refractivity contribution is -0.139. The number of carbonyl (C=O) groups is 1. The van der Waals surface area contributed by atoms with Gasteiger partial charge >= 0.3 is 6.18 Å². The number of hydrogen-bond donors (Lipinski definition) is 1. The van der Waals surface area contributed by atoms with Crippen LogP contribution in [0.5, 0.6) is 0 Å². The maximum Gasteiger partial charge on any atom is 0.416 e. The SMILES string of the molecule is Cc1nc(C(=O)N(Cc2ccccc2)C[C@@H](O)c2ccccc2C(F)(F)F)no1. The van der Waals surface area contributed by atoms with Gasteiger partial charge in [0.15, 0.2) is 0 Å². The average molecular weight is 405 g/mol. The zero-order valence-corrected chi connectivity index (χ0v) is 15.4. The maximum atomic E-state index is 13.3. The van der Waals surface area contributed by atoms with Crippen LogP contribution in [0.2, 0.25) is 0 Å². The normalized spacial score (nSPS) is 12.6. The van der Waals surface area contributed by atoms with Gasteiger partial charge < -0.3 is 14.5 Å². The van der Waals surface area contributed by atoms with Crippen LogP contribution in [0.1, 0.15) is 39.3 Å². The van der Waals surface area contributed by atoms with E-state index in [0.717, 1.165) is 11.6 Å². The molecule has 3 rings (SSSR count). The fourth-order valence-electron chi connectivity index (χ4n) is 2.90. The second-order valence-electron chi connectivity index (χ2n) is 6.41. The maximum absolute atomic E-state index is 13.3. The van der Waals surface area contributed by atoms with Crippen LogP contribution in [0.4, 0.5) is 13.2 Å². The first-order valence-corrected chi connectivity index (χ1v) is 8.73. The molecule has 0 unspecified atom stereocenters. The molecule has 0 aliphatic rings. The van der Waals surface area contributed by atoms with Gasteiger partial charge in [-0.2, -0.15) is 18.2 Å². The van der Waals surface area contributed by atoms with Crippen LogP contribution in [-0.2, 0) is 12.7 Å². The highest BCUT2D eigenvalue weighted by molar-refractivity contribution is 5.90. The van der Waals surface area contributed by atoms with Gasteiger partial charge in [0.25, 0.3) is 11.7 Å². The van der Waals surface area contributed by atoms with E-state index in [1.165, 1.54) is 30.0 Å². The minimum absolute atomic E-state index is 0.0541. The number of hydrogen-bond acceptors (Lipinski definition) is 5. The number of aromatic nitrogens is 2. The summed E-state index contributed by atoms with van der Waals surface area (Å²) >= 11 is 0. The molecule has 0 aliphatic heterocycles. The molecular weight excluding hydrogens is 387 g/mol. The Morgan fingerprint density at radius 3 is 2.41 bits per heavy atom. The molecule has 3 aromatic rings. The van der Waals surface area contributed by atoms with E-state index < -0.39 is 23.8 Å². The summed E-state index contributed by atoms with van der Waals surface area (Å²) < 4.78 is 44.7. The van der Waals surface area contributed by atoms with Crippen molar-refractivity contribution >= 4 is 5.91 Å². The molecule has 29 heavy (non-hydrogen) atoms. The Bertz CT molecular complexity index is 974. The number of benzene rings is 2. The van der Waals surface area contributed by atoms with Gasteiger partial charge in [0, 0.05) is 13.5 Å². The third-order valence-electron chi connectivity index (χ3n) is 4.24. The smallest absolute Gasteiger partial charge is 0.387 e. The summed E-state index contributed by atoms with van der Waals surface area (Å²) in [7, 11) is 0. The lowest BCUT2D eigenvalue weighted by atomic mass is 10.0. The quantitative estimate of drug-likeness (QED) is 0.675. The predicted octanol–water partition coefficient (Wildman–Crippen LogP) is 3.77. The van der Waals surface area contributed by atoms with Crippen molar-refractivity contribution in [3.8, 4) is 0 Å². The number of aliphatic hydroxyl groups excluding tert-OH is 1. The highest BCUT2D eigenvalue weighted by Gasteiger charge is 2.35. The zero-order valence-electron chi connectivity index (χ0n) is 15.4. The molecule has 0 bridgehead atoms. The van der Waals surface area contributed by atoms with E-state index in [1.54, 1.807) is 30.3 Å². The van der Waals surface area contributed by atoms with Crippen LogP contribution < -0.4 is 0 Å². The first kappa shape index (κ1) is 20.5. The molecule has 0 spiro atoms. The molecule has 9 heteroatoms. The molecule has 1 aromatic heterocycles. The number of aliphatic hydroxyl groups is 1. The van der Waals surface area contributed by atoms with Gasteiger partial charge in [-0.25, -0.2) is 0 Å². The monoisotopic (exact) mass is 405 g/mol. The van der Waals surface area contributed by atoms with Crippen molar-refractivity contribution in [3.05, 3.63) is 83.0 Å². The van der Waals surface area contributed by atoms with Crippen LogP contribution in [0.15, 0.2) is 59.1 Å². The van der Waals surface area contributed by atoms with Crippen molar-refractivity contribution in [2.45, 2.75) is 25.7 Å². The van der Waals surface area contributed by atoms with Crippen molar-refractivity contribution in [3.63, 3.8) is 0 Å². The van der Waals surface area contributed by atoms with Crippen LogP contribution >= 0.6 is 0 Å². The van der Waals surface area contributed by atoms with E-state index in [-0.39, 0.29) is 30.4 Å². The first-order valence-electron chi connectivity index (χ1n) is 8.73. The highest BCUT2D eigenvalue weighted by atomic mass is 19.4. The van der Waals surface area contributed by atoms with Gasteiger partial charge in [-0.3, -0.25) is 4.79 Å². The van der Waals surface area contributed by atoms with Crippen LogP contribution in [0.3, 0.4) is 0 Å². The highest BCUT2D eigenvalue weighted by Crippen LogP contribution is 2.34. The fourth-order valence-corrected chi connectivity index (χ4v) is 2.90. The molecular formula is C20H18F3N3O3. The molecule has 1 N–H and O–H groups in total. The van der Waals surface area contributed by atoms with Gasteiger partial charge in [0.2, 0.25) is 5.89 Å². The Labute approximate surface area is 164 Å². The lowest BCUT2D eigenvalue weighted by Crippen LogP contribution is -2.35. The molecule has 1 heterocycles. The van der Waals surface area contributed by atoms with Gasteiger partial charge in [0.1, 0.15) is 0 Å². The summed E-state index contributed by atoms with van der Waals surface area (Å²) in [5.74, 6) is -0.708. The van der Waals surface area contributed by atoms with Crippen molar-refractivity contribution in [1.29, 1.82) is 0 Å². The molecule has 1 amide bonds. The summed E-state index contributed by atoms with van der Waals surface area (Å²) in [6.45, 7) is 1.19. The van der Waals surface area contributed by atoms with Crippen LogP contribution in [0.25, 0.3) is 0 Å². The molecule has 0 saturated heterocycles. The molecule has 2 aromatic carbocycles. The van der Waals surface area contributed by atoms with E-state index >= 15 is 0 Å². The minimum Gasteiger partial charge on any atom is -0.387 e. The predicted molar refractivity (Wildman–Crippen MR) is 96.6 cm³/mol. The summed E-state index contributed by atoms with van der Waals surface area (Å²) in [5.41, 5.74) is -0.525. The second kappa shape index (κ2) is 8.44. The number of carbonyl (C=O) groups excluding carboxylic acids is 1. The van der Waals surface area contributed by atoms with E-state index in [0.29, 0.717) is 0 Å². The summed E-state index contributed by atoms with van der Waals surface area (Å²) in [4.78, 5) is 17.9. The number of halogens is 3. The average Bonchev–Trinajstić information content (AvgIpc) is 3.13. The van der Waals surface area contributed by atoms with Crippen molar-refractivity contribution in [2.24, 2.45) is 0 Å². The summed E-state index contributed by atoms with van der Waals surface area (Å²) in [6, 6.07) is 13.6. The van der Waals surface area contributed by atoms with Crippen molar-refractivity contribution in [1.82, 2.24) is 15.0 Å². The molecule has 0 fully saturated rings. The Morgan fingerprint density at radius 1 is 1.14 bits per heavy atom. The standard InChI is InChI=1S/C20H18F3N3O3/c1-13-24-18(25-29-13)19(28)26(11-14-7-3-2-4-8-14)12-17(27)15-9-5-6-10-16(15)20(21,22)23/h2-10,17,27H,11-12H2,1H3/t17-/m1/s1. The van der Waals surface area contributed by atoms with Gasteiger partial charge in [-0.05, 0) is 17.2 Å². The largest absolute Gasteiger partial charge is 0.416 e. The zero-order chi connectivity index (χ0) is 21.0. The van der Waals surface area contributed by atoms with Gasteiger partial charge in [-0.1, -0.05) is 53.7 Å². The molecule has 0 radical (unpaired) electrons. The lowest BCUT2D eigenvalue weighted by Gasteiger charge is -2.26. The number of aryl methyl sites for hydroxylation is 1. The fraction of sp³-hybridized carbons (Fsp3) is 0.250. The third kappa shape index (κ3) is 5.00. The molecule has 1 atom stereocenters. The Morgan fingerprint density at radius 2 is 1.79 bits per heavy atom. The molecule has 6 nitrogen and oxygen atoms in total. The van der Waals surface area contributed by atoms with E-state index in [4.69, 9.17) is 4.52 Å². The minimum atomic E-state index is -4.63. The Hall–Kier alpha value is -3.20. The Kier molecular flexibility index (Phi) is 5.97. The van der Waals surface area contributed by atoms with E-state index in [2.05, 4.69) is 10.1 Å².